The summed E-state index contributed by atoms with van der Waals surface area (Å²) in [5.74, 6) is -0.681. The van der Waals surface area contributed by atoms with Gasteiger partial charge in [-0.15, -0.1) is 11.8 Å². The van der Waals surface area contributed by atoms with E-state index < -0.39 is 22.2 Å². The zero-order chi connectivity index (χ0) is 16.3. The van der Waals surface area contributed by atoms with E-state index in [-0.39, 0.29) is 17.8 Å². The number of nitro benzene ring substituents is 1. The van der Waals surface area contributed by atoms with Gasteiger partial charge in [-0.05, 0) is 24.7 Å². The van der Waals surface area contributed by atoms with E-state index in [1.807, 2.05) is 6.92 Å². The number of nitro groups is 1. The standard InChI is InChI=1S/C14H16N2O5S/c1-2-22-11-4-3-9(16(20)21)7-10(11)12(17)15-8-14(5-6-14)13(18)19/h3-4,7H,2,5-6,8H2,1H3,(H,15,17)(H,18,19). The van der Waals surface area contributed by atoms with Crippen molar-refractivity contribution in [3.63, 3.8) is 0 Å². The van der Waals surface area contributed by atoms with Crippen LogP contribution in [0.2, 0.25) is 0 Å². The van der Waals surface area contributed by atoms with Crippen LogP contribution in [-0.4, -0.2) is 34.2 Å². The Morgan fingerprint density at radius 1 is 1.45 bits per heavy atom. The van der Waals surface area contributed by atoms with Gasteiger partial charge in [0.25, 0.3) is 11.6 Å². The molecule has 1 aromatic rings. The van der Waals surface area contributed by atoms with Gasteiger partial charge in [-0.1, -0.05) is 6.92 Å². The molecule has 1 aliphatic rings. The summed E-state index contributed by atoms with van der Waals surface area (Å²) in [5, 5.41) is 22.5. The summed E-state index contributed by atoms with van der Waals surface area (Å²) in [6.45, 7) is 1.96. The van der Waals surface area contributed by atoms with Gasteiger partial charge >= 0.3 is 5.97 Å². The summed E-state index contributed by atoms with van der Waals surface area (Å²) in [6, 6.07) is 4.13. The molecule has 2 N–H and O–H groups in total. The Morgan fingerprint density at radius 2 is 2.14 bits per heavy atom. The Morgan fingerprint density at radius 3 is 2.64 bits per heavy atom. The van der Waals surface area contributed by atoms with E-state index in [1.165, 1.54) is 23.9 Å². The molecule has 0 atom stereocenters. The van der Waals surface area contributed by atoms with E-state index >= 15 is 0 Å². The lowest BCUT2D eigenvalue weighted by Gasteiger charge is -2.13. The number of thioether (sulfide) groups is 1. The Balaban J connectivity index is 2.18. The number of carbonyl (C=O) groups excluding carboxylic acids is 1. The molecule has 1 saturated carbocycles. The predicted molar refractivity (Wildman–Crippen MR) is 81.1 cm³/mol. The molecule has 0 unspecified atom stereocenters. The van der Waals surface area contributed by atoms with Crippen LogP contribution in [0.4, 0.5) is 5.69 Å². The maximum atomic E-state index is 12.3. The van der Waals surface area contributed by atoms with Crippen molar-refractivity contribution in [3.8, 4) is 0 Å². The quantitative estimate of drug-likeness (QED) is 0.452. The number of rotatable bonds is 7. The lowest BCUT2D eigenvalue weighted by molar-refractivity contribution is -0.384. The first-order valence-electron chi connectivity index (χ1n) is 6.82. The highest BCUT2D eigenvalue weighted by Crippen LogP contribution is 2.45. The first-order chi connectivity index (χ1) is 10.4. The molecule has 1 amide bonds. The van der Waals surface area contributed by atoms with Crippen molar-refractivity contribution in [1.29, 1.82) is 0 Å². The molecule has 0 bridgehead atoms. The molecule has 2 rings (SSSR count). The van der Waals surface area contributed by atoms with E-state index in [0.29, 0.717) is 17.7 Å². The predicted octanol–water partition coefficient (Wildman–Crippen LogP) is 2.30. The summed E-state index contributed by atoms with van der Waals surface area (Å²) < 4.78 is 0. The Labute approximate surface area is 131 Å². The number of benzene rings is 1. The third-order valence-corrected chi connectivity index (χ3v) is 4.57. The number of aliphatic carboxylic acids is 1. The van der Waals surface area contributed by atoms with E-state index in [0.717, 1.165) is 5.75 Å². The molecular weight excluding hydrogens is 308 g/mol. The number of non-ortho nitro benzene ring substituents is 1. The first kappa shape index (κ1) is 16.3. The molecule has 8 heteroatoms. The fraction of sp³-hybridized carbons (Fsp3) is 0.429. The molecule has 0 saturated heterocycles. The van der Waals surface area contributed by atoms with Gasteiger partial charge in [-0.3, -0.25) is 19.7 Å². The van der Waals surface area contributed by atoms with Crippen LogP contribution < -0.4 is 5.32 Å². The lowest BCUT2D eigenvalue weighted by Crippen LogP contribution is -2.34. The average molecular weight is 324 g/mol. The van der Waals surface area contributed by atoms with Crippen LogP contribution in [0.1, 0.15) is 30.1 Å². The van der Waals surface area contributed by atoms with Gasteiger partial charge in [-0.2, -0.15) is 0 Å². The second-order valence-corrected chi connectivity index (χ2v) is 6.44. The van der Waals surface area contributed by atoms with Gasteiger partial charge in [0.15, 0.2) is 0 Å². The molecule has 0 aromatic heterocycles. The Bertz CT molecular complexity index is 628. The van der Waals surface area contributed by atoms with Gasteiger partial charge in [0.2, 0.25) is 0 Å². The van der Waals surface area contributed by atoms with Gasteiger partial charge in [0.1, 0.15) is 0 Å². The molecular formula is C14H16N2O5S. The minimum absolute atomic E-state index is 0.0418. The molecule has 22 heavy (non-hydrogen) atoms. The van der Waals surface area contributed by atoms with Crippen LogP contribution in [0, 0.1) is 15.5 Å². The number of nitrogens with one attached hydrogen (secondary N) is 1. The summed E-state index contributed by atoms with van der Waals surface area (Å²) in [6.07, 6.45) is 1.07. The van der Waals surface area contributed by atoms with Crippen molar-refractivity contribution in [1.82, 2.24) is 5.32 Å². The van der Waals surface area contributed by atoms with Crippen LogP contribution >= 0.6 is 11.8 Å². The number of hydrogen-bond donors (Lipinski definition) is 2. The molecule has 7 nitrogen and oxygen atoms in total. The zero-order valence-corrected chi connectivity index (χ0v) is 12.8. The highest BCUT2D eigenvalue weighted by Gasteiger charge is 2.50. The maximum absolute atomic E-state index is 12.3. The third-order valence-electron chi connectivity index (χ3n) is 3.61. The summed E-state index contributed by atoms with van der Waals surface area (Å²) in [4.78, 5) is 34.3. The largest absolute Gasteiger partial charge is 0.481 e. The van der Waals surface area contributed by atoms with Crippen molar-refractivity contribution in [2.24, 2.45) is 5.41 Å². The first-order valence-corrected chi connectivity index (χ1v) is 7.81. The van der Waals surface area contributed by atoms with Crippen LogP contribution in [0.3, 0.4) is 0 Å². The second kappa shape index (κ2) is 6.35. The van der Waals surface area contributed by atoms with E-state index in [1.54, 1.807) is 6.07 Å². The van der Waals surface area contributed by atoms with E-state index in [2.05, 4.69) is 5.32 Å². The van der Waals surface area contributed by atoms with E-state index in [9.17, 15) is 19.7 Å². The van der Waals surface area contributed by atoms with Gasteiger partial charge < -0.3 is 10.4 Å². The fourth-order valence-corrected chi connectivity index (χ4v) is 2.83. The maximum Gasteiger partial charge on any atom is 0.311 e. The van der Waals surface area contributed by atoms with Gasteiger partial charge in [0, 0.05) is 23.6 Å². The van der Waals surface area contributed by atoms with Crippen LogP contribution in [0.15, 0.2) is 23.1 Å². The summed E-state index contributed by atoms with van der Waals surface area (Å²) in [7, 11) is 0. The summed E-state index contributed by atoms with van der Waals surface area (Å²) >= 11 is 1.41. The van der Waals surface area contributed by atoms with Crippen molar-refractivity contribution >= 4 is 29.3 Å². The smallest absolute Gasteiger partial charge is 0.311 e. The van der Waals surface area contributed by atoms with E-state index in [4.69, 9.17) is 5.11 Å². The van der Waals surface area contributed by atoms with Crippen LogP contribution in [-0.2, 0) is 4.79 Å². The average Bonchev–Trinajstić information content (AvgIpc) is 3.26. The minimum Gasteiger partial charge on any atom is -0.481 e. The Kier molecular flexibility index (Phi) is 4.70. The monoisotopic (exact) mass is 324 g/mol. The molecule has 1 fully saturated rings. The zero-order valence-electron chi connectivity index (χ0n) is 12.0. The van der Waals surface area contributed by atoms with Crippen molar-refractivity contribution in [2.45, 2.75) is 24.7 Å². The number of nitrogens with zero attached hydrogens (tertiary/aromatic N) is 1. The fourth-order valence-electron chi connectivity index (χ4n) is 2.05. The number of carboxylic acid groups (broad SMARTS) is 1. The van der Waals surface area contributed by atoms with Crippen molar-refractivity contribution < 1.29 is 19.6 Å². The molecule has 0 heterocycles. The van der Waals surface area contributed by atoms with Crippen molar-refractivity contribution in [3.05, 3.63) is 33.9 Å². The topological polar surface area (TPSA) is 110 Å². The molecule has 0 aliphatic heterocycles. The molecule has 0 radical (unpaired) electrons. The molecule has 1 aliphatic carbocycles. The van der Waals surface area contributed by atoms with Gasteiger partial charge in [-0.25, -0.2) is 0 Å². The lowest BCUT2D eigenvalue weighted by atomic mass is 10.1. The molecule has 1 aromatic carbocycles. The second-order valence-electron chi connectivity index (χ2n) is 5.14. The molecule has 118 valence electrons. The Hall–Kier alpha value is -2.09. The summed E-state index contributed by atoms with van der Waals surface area (Å²) in [5.41, 5.74) is -0.818. The number of carbonyl (C=O) groups is 2. The van der Waals surface area contributed by atoms with Crippen LogP contribution in [0.25, 0.3) is 0 Å². The number of amides is 1. The van der Waals surface area contributed by atoms with Gasteiger partial charge in [0.05, 0.1) is 15.9 Å². The third kappa shape index (κ3) is 3.38. The molecule has 0 spiro atoms. The SMILES string of the molecule is CCSc1ccc([N+](=O)[O-])cc1C(=O)NCC1(C(=O)O)CC1. The highest BCUT2D eigenvalue weighted by molar-refractivity contribution is 7.99. The minimum atomic E-state index is -0.921. The van der Waals surface area contributed by atoms with Crippen LogP contribution in [0.5, 0.6) is 0 Å². The highest BCUT2D eigenvalue weighted by atomic mass is 32.2. The normalized spacial score (nSPS) is 15.1. The van der Waals surface area contributed by atoms with Crippen molar-refractivity contribution in [2.75, 3.05) is 12.3 Å². The number of carboxylic acids is 1. The number of hydrogen-bond acceptors (Lipinski definition) is 5.